The molecule has 1 aromatic carbocycles. The number of hydrogen-bond donors (Lipinski definition) is 2. The summed E-state index contributed by atoms with van der Waals surface area (Å²) in [7, 11) is 0.713. The maximum atomic E-state index is 12.2. The lowest BCUT2D eigenvalue weighted by atomic mass is 9.86. The molecule has 1 aliphatic rings. The van der Waals surface area contributed by atoms with Crippen molar-refractivity contribution in [2.24, 2.45) is 10.9 Å². The summed E-state index contributed by atoms with van der Waals surface area (Å²) in [5, 5.41) is 6.62. The molecule has 152 valence electrons. The number of rotatable bonds is 7. The highest BCUT2D eigenvalue weighted by atomic mass is 127. The van der Waals surface area contributed by atoms with Gasteiger partial charge in [0.1, 0.15) is 0 Å². The number of aliphatic imine (C=N–C) groups is 1. The summed E-state index contributed by atoms with van der Waals surface area (Å²) in [4.78, 5) is 16.9. The zero-order valence-electron chi connectivity index (χ0n) is 16.0. The van der Waals surface area contributed by atoms with E-state index in [2.05, 4.69) is 15.6 Å². The standard InChI is InChI=1S/C19H29N3O3S.HI/c1-3-25-18(23)15-9-11-16(12-10-15)22-19(20-2)21-13-14-26(24)17-7-5-4-6-8-17;/h4-8,15-16H,3,9-14H2,1-2H3,(H2,20,21,22);1H. The molecule has 2 N–H and O–H groups in total. The van der Waals surface area contributed by atoms with E-state index in [1.807, 2.05) is 37.3 Å². The third-order valence-electron chi connectivity index (χ3n) is 4.50. The second-order valence-corrected chi connectivity index (χ2v) is 7.88. The normalized spacial score (nSPS) is 20.9. The van der Waals surface area contributed by atoms with Gasteiger partial charge in [-0.3, -0.25) is 14.0 Å². The molecule has 0 aromatic heterocycles. The predicted octanol–water partition coefficient (Wildman–Crippen LogP) is 2.70. The van der Waals surface area contributed by atoms with E-state index in [9.17, 15) is 9.00 Å². The van der Waals surface area contributed by atoms with Crippen molar-refractivity contribution in [1.29, 1.82) is 0 Å². The van der Waals surface area contributed by atoms with Gasteiger partial charge in [-0.05, 0) is 44.7 Å². The van der Waals surface area contributed by atoms with E-state index in [0.29, 0.717) is 24.9 Å². The highest BCUT2D eigenvalue weighted by molar-refractivity contribution is 14.0. The number of halogens is 1. The third kappa shape index (κ3) is 8.16. The summed E-state index contributed by atoms with van der Waals surface area (Å²) in [6.45, 7) is 2.86. The number of hydrogen-bond acceptors (Lipinski definition) is 4. The minimum atomic E-state index is -1.02. The zero-order chi connectivity index (χ0) is 18.8. The van der Waals surface area contributed by atoms with Crippen molar-refractivity contribution < 1.29 is 13.7 Å². The minimum absolute atomic E-state index is 0. The average Bonchev–Trinajstić information content (AvgIpc) is 2.68. The van der Waals surface area contributed by atoms with E-state index in [-0.39, 0.29) is 35.9 Å². The molecule has 0 saturated heterocycles. The van der Waals surface area contributed by atoms with Crippen LogP contribution in [0.2, 0.25) is 0 Å². The monoisotopic (exact) mass is 507 g/mol. The molecular formula is C19H30IN3O3S. The van der Waals surface area contributed by atoms with Gasteiger partial charge in [-0.15, -0.1) is 24.0 Å². The SMILES string of the molecule is CCOC(=O)C1CCC(NC(=NC)NCCS(=O)c2ccccc2)CC1.I. The molecule has 0 bridgehead atoms. The molecule has 1 fully saturated rings. The number of benzene rings is 1. The number of esters is 1. The van der Waals surface area contributed by atoms with Gasteiger partial charge >= 0.3 is 5.97 Å². The number of carbonyl (C=O) groups is 1. The third-order valence-corrected chi connectivity index (χ3v) is 5.87. The summed E-state index contributed by atoms with van der Waals surface area (Å²) in [5.74, 6) is 1.20. The Hall–Kier alpha value is -1.16. The van der Waals surface area contributed by atoms with Crippen molar-refractivity contribution >= 4 is 46.7 Å². The van der Waals surface area contributed by atoms with Crippen molar-refractivity contribution in [2.75, 3.05) is 26.0 Å². The molecule has 1 unspecified atom stereocenters. The minimum Gasteiger partial charge on any atom is -0.466 e. The number of guanidine groups is 1. The summed E-state index contributed by atoms with van der Waals surface area (Å²) in [5.41, 5.74) is 0. The fourth-order valence-corrected chi connectivity index (χ4v) is 4.06. The van der Waals surface area contributed by atoms with E-state index in [1.54, 1.807) is 7.05 Å². The molecule has 27 heavy (non-hydrogen) atoms. The van der Waals surface area contributed by atoms with Gasteiger partial charge in [0.05, 0.1) is 23.3 Å². The Balaban J connectivity index is 0.00000364. The number of nitrogens with zero attached hydrogens (tertiary/aromatic N) is 1. The van der Waals surface area contributed by atoms with Crippen molar-refractivity contribution in [2.45, 2.75) is 43.5 Å². The van der Waals surface area contributed by atoms with Gasteiger partial charge in [0.25, 0.3) is 0 Å². The molecule has 1 saturated carbocycles. The topological polar surface area (TPSA) is 79.8 Å². The first-order valence-corrected chi connectivity index (χ1v) is 10.5. The molecule has 0 spiro atoms. The van der Waals surface area contributed by atoms with E-state index in [1.165, 1.54) is 0 Å². The Morgan fingerprint density at radius 1 is 1.22 bits per heavy atom. The number of ether oxygens (including phenoxy) is 1. The number of carbonyl (C=O) groups excluding carboxylic acids is 1. The Morgan fingerprint density at radius 2 is 1.89 bits per heavy atom. The van der Waals surface area contributed by atoms with Gasteiger partial charge in [0.15, 0.2) is 5.96 Å². The van der Waals surface area contributed by atoms with Crippen molar-refractivity contribution in [3.8, 4) is 0 Å². The molecule has 0 radical (unpaired) electrons. The Labute approximate surface area is 181 Å². The molecule has 0 amide bonds. The highest BCUT2D eigenvalue weighted by Gasteiger charge is 2.27. The maximum absolute atomic E-state index is 12.2. The van der Waals surface area contributed by atoms with Crippen molar-refractivity contribution in [1.82, 2.24) is 10.6 Å². The van der Waals surface area contributed by atoms with Crippen LogP contribution in [0, 0.1) is 5.92 Å². The van der Waals surface area contributed by atoms with Crippen LogP contribution in [-0.4, -0.2) is 48.1 Å². The smallest absolute Gasteiger partial charge is 0.308 e. The summed E-state index contributed by atoms with van der Waals surface area (Å²) >= 11 is 0. The molecule has 1 atom stereocenters. The quantitative estimate of drug-likeness (QED) is 0.257. The van der Waals surface area contributed by atoms with Crippen LogP contribution < -0.4 is 10.6 Å². The van der Waals surface area contributed by atoms with Crippen LogP contribution in [-0.2, 0) is 20.3 Å². The van der Waals surface area contributed by atoms with Crippen molar-refractivity contribution in [3.05, 3.63) is 30.3 Å². The predicted molar refractivity (Wildman–Crippen MR) is 120 cm³/mol. The Morgan fingerprint density at radius 3 is 2.48 bits per heavy atom. The fourth-order valence-electron chi connectivity index (χ4n) is 3.07. The summed E-state index contributed by atoms with van der Waals surface area (Å²) in [6, 6.07) is 9.77. The van der Waals surface area contributed by atoms with Crippen molar-refractivity contribution in [3.63, 3.8) is 0 Å². The molecular weight excluding hydrogens is 477 g/mol. The van der Waals surface area contributed by atoms with Gasteiger partial charge < -0.3 is 15.4 Å². The Bertz CT molecular complexity index is 620. The molecule has 8 heteroatoms. The average molecular weight is 507 g/mol. The van der Waals surface area contributed by atoms with Gasteiger partial charge in [-0.1, -0.05) is 18.2 Å². The number of nitrogens with one attached hydrogen (secondary N) is 2. The summed E-state index contributed by atoms with van der Waals surface area (Å²) in [6.07, 6.45) is 3.51. The van der Waals surface area contributed by atoms with Gasteiger partial charge in [-0.2, -0.15) is 0 Å². The second-order valence-electron chi connectivity index (χ2n) is 6.31. The van der Waals surface area contributed by atoms with E-state index >= 15 is 0 Å². The molecule has 0 aliphatic heterocycles. The lowest BCUT2D eigenvalue weighted by molar-refractivity contribution is -0.149. The lowest BCUT2D eigenvalue weighted by Crippen LogP contribution is -2.46. The first kappa shape index (κ1) is 23.9. The molecule has 1 aliphatic carbocycles. The van der Waals surface area contributed by atoms with Crippen LogP contribution in [0.1, 0.15) is 32.6 Å². The van der Waals surface area contributed by atoms with Crippen LogP contribution in [0.4, 0.5) is 0 Å². The van der Waals surface area contributed by atoms with Crippen LogP contribution in [0.25, 0.3) is 0 Å². The van der Waals surface area contributed by atoms with Crippen LogP contribution in [0.5, 0.6) is 0 Å². The molecule has 6 nitrogen and oxygen atoms in total. The largest absolute Gasteiger partial charge is 0.466 e. The molecule has 1 aromatic rings. The van der Waals surface area contributed by atoms with Crippen LogP contribution in [0.3, 0.4) is 0 Å². The van der Waals surface area contributed by atoms with E-state index in [0.717, 1.165) is 36.5 Å². The van der Waals surface area contributed by atoms with E-state index in [4.69, 9.17) is 4.74 Å². The summed E-state index contributed by atoms with van der Waals surface area (Å²) < 4.78 is 17.3. The highest BCUT2D eigenvalue weighted by Crippen LogP contribution is 2.25. The van der Waals surface area contributed by atoms with Crippen LogP contribution >= 0.6 is 24.0 Å². The lowest BCUT2D eigenvalue weighted by Gasteiger charge is -2.29. The molecule has 0 heterocycles. The van der Waals surface area contributed by atoms with Gasteiger partial charge in [0, 0.05) is 30.3 Å². The Kier molecular flexibility index (Phi) is 11.6. The first-order chi connectivity index (χ1) is 12.6. The second kappa shape index (κ2) is 13.1. The zero-order valence-corrected chi connectivity index (χ0v) is 19.1. The van der Waals surface area contributed by atoms with Crippen LogP contribution in [0.15, 0.2) is 40.2 Å². The van der Waals surface area contributed by atoms with Gasteiger partial charge in [-0.25, -0.2) is 0 Å². The van der Waals surface area contributed by atoms with Gasteiger partial charge in [0.2, 0.25) is 0 Å². The molecule has 2 rings (SSSR count). The first-order valence-electron chi connectivity index (χ1n) is 9.21. The maximum Gasteiger partial charge on any atom is 0.308 e. The fraction of sp³-hybridized carbons (Fsp3) is 0.579. The van der Waals surface area contributed by atoms with E-state index < -0.39 is 10.8 Å².